The van der Waals surface area contributed by atoms with E-state index in [-0.39, 0.29) is 5.30 Å². The predicted molar refractivity (Wildman–Crippen MR) is 93.3 cm³/mol. The highest BCUT2D eigenvalue weighted by molar-refractivity contribution is 7.54. The molecule has 2 aromatic rings. The van der Waals surface area contributed by atoms with Crippen LogP contribution in [-0.4, -0.2) is 11.4 Å². The SMILES string of the molecule is CCC(C)[P](=O)c1ccccc1C(=O)c1c(C(F)(F)F)cccc1C(F)(F)F. The van der Waals surface area contributed by atoms with Gasteiger partial charge in [-0.15, -0.1) is 0 Å². The molecule has 2 nitrogen and oxygen atoms in total. The lowest BCUT2D eigenvalue weighted by Crippen LogP contribution is -2.23. The maximum atomic E-state index is 13.4. The van der Waals surface area contributed by atoms with Crippen LogP contribution in [-0.2, 0) is 16.9 Å². The van der Waals surface area contributed by atoms with Gasteiger partial charge in [-0.2, -0.15) is 26.3 Å². The molecule has 0 amide bonds. The van der Waals surface area contributed by atoms with Crippen molar-refractivity contribution in [1.29, 1.82) is 0 Å². The van der Waals surface area contributed by atoms with E-state index in [2.05, 4.69) is 0 Å². The van der Waals surface area contributed by atoms with Crippen LogP contribution in [0.2, 0.25) is 0 Å². The lowest BCUT2D eigenvalue weighted by Gasteiger charge is -2.19. The molecule has 2 unspecified atom stereocenters. The molecule has 28 heavy (non-hydrogen) atoms. The number of ketones is 1. The van der Waals surface area contributed by atoms with Crippen molar-refractivity contribution in [1.82, 2.24) is 0 Å². The molecule has 0 N–H and O–H groups in total. The van der Waals surface area contributed by atoms with Crippen molar-refractivity contribution in [3.8, 4) is 0 Å². The van der Waals surface area contributed by atoms with Crippen molar-refractivity contribution in [2.45, 2.75) is 38.3 Å². The molecule has 2 aromatic carbocycles. The van der Waals surface area contributed by atoms with Crippen molar-refractivity contribution in [2.24, 2.45) is 0 Å². The molecule has 0 aliphatic carbocycles. The van der Waals surface area contributed by atoms with E-state index in [1.54, 1.807) is 13.8 Å². The zero-order valence-corrected chi connectivity index (χ0v) is 15.8. The molecule has 0 fully saturated rings. The van der Waals surface area contributed by atoms with Gasteiger partial charge in [0, 0.05) is 22.1 Å². The second-order valence-electron chi connectivity index (χ2n) is 6.15. The summed E-state index contributed by atoms with van der Waals surface area (Å²) in [5.41, 5.74) is -5.67. The lowest BCUT2D eigenvalue weighted by atomic mass is 9.92. The highest BCUT2D eigenvalue weighted by atomic mass is 31.1. The van der Waals surface area contributed by atoms with Gasteiger partial charge in [-0.05, 0) is 30.7 Å². The normalized spacial score (nSPS) is 13.9. The third-order valence-electron chi connectivity index (χ3n) is 4.28. The summed E-state index contributed by atoms with van der Waals surface area (Å²) in [4.78, 5) is 12.9. The Morgan fingerprint density at radius 1 is 0.929 bits per heavy atom. The summed E-state index contributed by atoms with van der Waals surface area (Å²) in [5, 5.41) is -0.0537. The quantitative estimate of drug-likeness (QED) is 0.327. The van der Waals surface area contributed by atoms with Crippen molar-refractivity contribution >= 4 is 18.9 Å². The third kappa shape index (κ3) is 4.43. The van der Waals surface area contributed by atoms with Gasteiger partial charge in [0.05, 0.1) is 11.1 Å². The minimum absolute atomic E-state index is 0.0537. The summed E-state index contributed by atoms with van der Waals surface area (Å²) < 4.78 is 92.8. The third-order valence-corrected chi connectivity index (χ3v) is 6.31. The number of hydrogen-bond donors (Lipinski definition) is 0. The molecule has 0 aliphatic rings. The Bertz CT molecular complexity index is 870. The number of benzene rings is 2. The average molecular weight is 421 g/mol. The Balaban J connectivity index is 2.77. The summed E-state index contributed by atoms with van der Waals surface area (Å²) in [5.74, 6) is -1.46. The molecule has 0 saturated carbocycles. The molecule has 2 atom stereocenters. The fourth-order valence-electron chi connectivity index (χ4n) is 2.67. The van der Waals surface area contributed by atoms with Crippen molar-refractivity contribution in [3.05, 3.63) is 64.7 Å². The monoisotopic (exact) mass is 421 g/mol. The first-order valence-electron chi connectivity index (χ1n) is 8.27. The lowest BCUT2D eigenvalue weighted by molar-refractivity contribution is -0.143. The molecule has 0 spiro atoms. The summed E-state index contributed by atoms with van der Waals surface area (Å²) in [6.07, 6.45) is -9.87. The number of hydrogen-bond acceptors (Lipinski definition) is 2. The largest absolute Gasteiger partial charge is 0.417 e. The molecule has 2 rings (SSSR count). The smallest absolute Gasteiger partial charge is 0.289 e. The zero-order valence-electron chi connectivity index (χ0n) is 14.9. The second-order valence-corrected chi connectivity index (χ2v) is 8.17. The standard InChI is InChI=1S/C19H16F6O2P/c1-3-11(2)28(27)15-10-5-4-7-12(15)17(26)16-13(18(20,21)22)8-6-9-14(16)19(23,24)25/h4-11H,3H2,1-2H3. The van der Waals surface area contributed by atoms with Gasteiger partial charge >= 0.3 is 12.4 Å². The molecule has 151 valence electrons. The Kier molecular flexibility index (Phi) is 6.34. The Labute approximate surface area is 158 Å². The van der Waals surface area contributed by atoms with E-state index in [0.717, 1.165) is 6.07 Å². The first-order chi connectivity index (χ1) is 12.9. The van der Waals surface area contributed by atoms with Gasteiger partial charge in [0.2, 0.25) is 0 Å². The van der Waals surface area contributed by atoms with Crippen LogP contribution in [0.1, 0.15) is 47.3 Å². The Hall–Kier alpha value is -2.21. The molecule has 9 heteroatoms. The highest BCUT2D eigenvalue weighted by Crippen LogP contribution is 2.41. The second kappa shape index (κ2) is 8.03. The van der Waals surface area contributed by atoms with Crippen LogP contribution < -0.4 is 5.30 Å². The maximum Gasteiger partial charge on any atom is 0.417 e. The van der Waals surface area contributed by atoms with Gasteiger partial charge in [-0.3, -0.25) is 9.36 Å². The van der Waals surface area contributed by atoms with Gasteiger partial charge in [0.15, 0.2) is 5.78 Å². The van der Waals surface area contributed by atoms with E-state index >= 15 is 0 Å². The minimum atomic E-state index is -5.17. The van der Waals surface area contributed by atoms with Crippen molar-refractivity contribution in [2.75, 3.05) is 0 Å². The number of rotatable bonds is 5. The first kappa shape index (κ1) is 22.1. The van der Waals surface area contributed by atoms with Crippen LogP contribution in [0.4, 0.5) is 26.3 Å². The number of carbonyl (C=O) groups excluding carboxylic acids is 1. The fourth-order valence-corrected chi connectivity index (χ4v) is 4.12. The van der Waals surface area contributed by atoms with E-state index in [0.29, 0.717) is 24.6 Å². The summed E-state index contributed by atoms with van der Waals surface area (Å²) in [7, 11) is -2.19. The fraction of sp³-hybridized carbons (Fsp3) is 0.316. The minimum Gasteiger partial charge on any atom is -0.289 e. The zero-order chi connectivity index (χ0) is 21.3. The number of halogens is 6. The van der Waals surface area contributed by atoms with Gasteiger partial charge in [0.25, 0.3) is 0 Å². The van der Waals surface area contributed by atoms with Gasteiger partial charge in [0.1, 0.15) is 7.80 Å². The van der Waals surface area contributed by atoms with E-state index < -0.39 is 53.8 Å². The van der Waals surface area contributed by atoms with E-state index in [1.807, 2.05) is 0 Å². The molecular weight excluding hydrogens is 405 g/mol. The van der Waals surface area contributed by atoms with Crippen LogP contribution in [0.5, 0.6) is 0 Å². The average Bonchev–Trinajstić information content (AvgIpc) is 2.64. The summed E-state index contributed by atoms with van der Waals surface area (Å²) in [6, 6.07) is 6.59. The van der Waals surface area contributed by atoms with Crippen molar-refractivity contribution < 1.29 is 35.7 Å². The van der Waals surface area contributed by atoms with Crippen LogP contribution >= 0.6 is 7.80 Å². The van der Waals surface area contributed by atoms with E-state index in [4.69, 9.17) is 0 Å². The van der Waals surface area contributed by atoms with Gasteiger partial charge in [-0.1, -0.05) is 32.0 Å². The maximum absolute atomic E-state index is 13.4. The first-order valence-corrected chi connectivity index (χ1v) is 9.60. The molecular formula is C19H16F6O2P. The van der Waals surface area contributed by atoms with Crippen LogP contribution in [0, 0.1) is 0 Å². The Morgan fingerprint density at radius 3 is 1.89 bits per heavy atom. The van der Waals surface area contributed by atoms with E-state index in [9.17, 15) is 35.7 Å². The molecule has 0 saturated heterocycles. The molecule has 0 aliphatic heterocycles. The van der Waals surface area contributed by atoms with Crippen LogP contribution in [0.25, 0.3) is 0 Å². The highest BCUT2D eigenvalue weighted by Gasteiger charge is 2.43. The van der Waals surface area contributed by atoms with Gasteiger partial charge < -0.3 is 0 Å². The summed E-state index contributed by atoms with van der Waals surface area (Å²) >= 11 is 0. The Morgan fingerprint density at radius 2 is 1.43 bits per heavy atom. The molecule has 0 bridgehead atoms. The van der Waals surface area contributed by atoms with Crippen LogP contribution in [0.3, 0.4) is 0 Å². The van der Waals surface area contributed by atoms with Gasteiger partial charge in [-0.25, -0.2) is 0 Å². The summed E-state index contributed by atoms with van der Waals surface area (Å²) in [6.45, 7) is 3.37. The molecule has 0 heterocycles. The topological polar surface area (TPSA) is 34.1 Å². The number of alkyl halides is 6. The van der Waals surface area contributed by atoms with Crippen molar-refractivity contribution in [3.63, 3.8) is 0 Å². The number of carbonyl (C=O) groups is 1. The predicted octanol–water partition coefficient (Wildman–Crippen LogP) is 6.21. The molecule has 0 aromatic heterocycles. The van der Waals surface area contributed by atoms with E-state index in [1.165, 1.54) is 18.2 Å². The van der Waals surface area contributed by atoms with Crippen LogP contribution in [0.15, 0.2) is 42.5 Å². The molecule has 1 radical (unpaired) electrons.